The van der Waals surface area contributed by atoms with E-state index >= 15 is 0 Å². The van der Waals surface area contributed by atoms with Gasteiger partial charge in [-0.25, -0.2) is 0 Å². The molecular formula is C16H23NO6. The van der Waals surface area contributed by atoms with Gasteiger partial charge in [0, 0.05) is 26.1 Å². The molecule has 0 aliphatic heterocycles. The second kappa shape index (κ2) is 10.4. The predicted molar refractivity (Wildman–Crippen MR) is 83.7 cm³/mol. The van der Waals surface area contributed by atoms with Crippen LogP contribution < -0.4 is 14.8 Å². The average molecular weight is 325 g/mol. The van der Waals surface area contributed by atoms with Gasteiger partial charge in [0.2, 0.25) is 0 Å². The molecule has 0 spiro atoms. The summed E-state index contributed by atoms with van der Waals surface area (Å²) in [6, 6.07) is 5.41. The lowest BCUT2D eigenvalue weighted by Gasteiger charge is -2.09. The number of benzene rings is 1. The smallest absolute Gasteiger partial charge is 0.306 e. The van der Waals surface area contributed by atoms with E-state index in [0.717, 1.165) is 5.56 Å². The minimum atomic E-state index is -0.436. The van der Waals surface area contributed by atoms with Crippen LogP contribution in [-0.2, 0) is 25.5 Å². The van der Waals surface area contributed by atoms with Gasteiger partial charge in [-0.2, -0.15) is 0 Å². The Hall–Kier alpha value is -2.28. The van der Waals surface area contributed by atoms with E-state index in [-0.39, 0.29) is 18.9 Å². The van der Waals surface area contributed by atoms with Crippen LogP contribution in [0.25, 0.3) is 0 Å². The summed E-state index contributed by atoms with van der Waals surface area (Å²) in [5, 5.41) is 2.57. The van der Waals surface area contributed by atoms with Gasteiger partial charge in [0.1, 0.15) is 11.5 Å². The topological polar surface area (TPSA) is 83.1 Å². The summed E-state index contributed by atoms with van der Waals surface area (Å²) < 4.78 is 20.1. The first kappa shape index (κ1) is 18.8. The number of methoxy groups -OCH3 is 3. The Morgan fingerprint density at radius 2 is 1.70 bits per heavy atom. The fourth-order valence-corrected chi connectivity index (χ4v) is 1.82. The van der Waals surface area contributed by atoms with E-state index in [9.17, 15) is 9.59 Å². The van der Waals surface area contributed by atoms with E-state index in [2.05, 4.69) is 5.32 Å². The maximum Gasteiger partial charge on any atom is 0.306 e. The van der Waals surface area contributed by atoms with E-state index in [0.29, 0.717) is 31.1 Å². The lowest BCUT2D eigenvalue weighted by Crippen LogP contribution is -2.31. The van der Waals surface area contributed by atoms with Crippen molar-refractivity contribution in [1.82, 2.24) is 5.32 Å². The van der Waals surface area contributed by atoms with Gasteiger partial charge in [0.15, 0.2) is 6.61 Å². The normalized spacial score (nSPS) is 10.0. The van der Waals surface area contributed by atoms with Crippen LogP contribution in [0.1, 0.15) is 12.0 Å². The number of hydrogen-bond acceptors (Lipinski definition) is 6. The van der Waals surface area contributed by atoms with Gasteiger partial charge in [-0.05, 0) is 24.1 Å². The summed E-state index contributed by atoms with van der Waals surface area (Å²) in [5.41, 5.74) is 0.891. The van der Waals surface area contributed by atoms with Crippen molar-refractivity contribution in [2.24, 2.45) is 0 Å². The van der Waals surface area contributed by atoms with Crippen molar-refractivity contribution >= 4 is 11.9 Å². The summed E-state index contributed by atoms with van der Waals surface area (Å²) >= 11 is 0. The summed E-state index contributed by atoms with van der Waals surface area (Å²) in [7, 11) is 4.67. The fraction of sp³-hybridized carbons (Fsp3) is 0.500. The molecule has 0 aliphatic carbocycles. The van der Waals surface area contributed by atoms with Crippen LogP contribution in [0, 0.1) is 0 Å². The van der Waals surface area contributed by atoms with Crippen molar-refractivity contribution < 1.29 is 28.5 Å². The number of ether oxygens (including phenoxy) is 4. The minimum Gasteiger partial charge on any atom is -0.497 e. The van der Waals surface area contributed by atoms with E-state index in [1.807, 2.05) is 12.1 Å². The molecule has 0 atom stereocenters. The Labute approximate surface area is 135 Å². The highest BCUT2D eigenvalue weighted by Gasteiger charge is 2.09. The van der Waals surface area contributed by atoms with Crippen LogP contribution in [0.4, 0.5) is 0 Å². The zero-order chi connectivity index (χ0) is 17.1. The number of hydrogen-bond donors (Lipinski definition) is 1. The maximum atomic E-state index is 11.7. The van der Waals surface area contributed by atoms with Crippen LogP contribution >= 0.6 is 0 Å². The molecule has 1 amide bonds. The van der Waals surface area contributed by atoms with Gasteiger partial charge in [-0.1, -0.05) is 0 Å². The molecule has 1 rings (SSSR count). The molecule has 0 unspecified atom stereocenters. The highest BCUT2D eigenvalue weighted by molar-refractivity contribution is 5.80. The molecule has 1 aromatic carbocycles. The number of carbonyl (C=O) groups is 2. The van der Waals surface area contributed by atoms with Gasteiger partial charge in [0.05, 0.1) is 20.8 Å². The number of nitrogens with one attached hydrogen (secondary N) is 1. The molecule has 0 heterocycles. The third kappa shape index (κ3) is 7.51. The second-order valence-corrected chi connectivity index (χ2v) is 4.72. The predicted octanol–water partition coefficient (Wildman–Crippen LogP) is 0.942. The van der Waals surface area contributed by atoms with Crippen molar-refractivity contribution in [3.05, 3.63) is 23.8 Å². The summed E-state index contributed by atoms with van der Waals surface area (Å²) in [5.74, 6) is 0.530. The highest BCUT2D eigenvalue weighted by atomic mass is 16.5. The van der Waals surface area contributed by atoms with E-state index in [1.165, 1.54) is 0 Å². The van der Waals surface area contributed by atoms with Gasteiger partial charge in [-0.15, -0.1) is 0 Å². The quantitative estimate of drug-likeness (QED) is 0.509. The number of aryl methyl sites for hydroxylation is 1. The highest BCUT2D eigenvalue weighted by Crippen LogP contribution is 2.23. The fourth-order valence-electron chi connectivity index (χ4n) is 1.82. The average Bonchev–Trinajstić information content (AvgIpc) is 2.57. The monoisotopic (exact) mass is 325 g/mol. The van der Waals surface area contributed by atoms with Crippen LogP contribution in [0.15, 0.2) is 18.2 Å². The molecule has 1 N–H and O–H groups in total. The van der Waals surface area contributed by atoms with Crippen molar-refractivity contribution in [3.63, 3.8) is 0 Å². The molecule has 0 aromatic heterocycles. The lowest BCUT2D eigenvalue weighted by atomic mass is 10.1. The number of carbonyl (C=O) groups excluding carboxylic acids is 2. The Balaban J connectivity index is 2.37. The van der Waals surface area contributed by atoms with Crippen LogP contribution in [0.2, 0.25) is 0 Å². The Morgan fingerprint density at radius 1 is 1.04 bits per heavy atom. The molecule has 23 heavy (non-hydrogen) atoms. The largest absolute Gasteiger partial charge is 0.497 e. The summed E-state index contributed by atoms with van der Waals surface area (Å²) in [6.07, 6.45) is 0.638. The number of amides is 1. The van der Waals surface area contributed by atoms with Crippen molar-refractivity contribution in [2.75, 3.05) is 41.1 Å². The number of esters is 1. The Bertz CT molecular complexity index is 495. The summed E-state index contributed by atoms with van der Waals surface area (Å²) in [6.45, 7) is 0.512. The second-order valence-electron chi connectivity index (χ2n) is 4.72. The standard InChI is InChI=1S/C16H23NO6/c1-20-7-6-17-15(18)11-23-16(19)5-4-12-8-13(21-2)10-14(9-12)22-3/h8-10H,4-7,11H2,1-3H3,(H,17,18). The van der Waals surface area contributed by atoms with Crippen molar-refractivity contribution in [1.29, 1.82) is 0 Å². The molecule has 0 bridgehead atoms. The van der Waals surface area contributed by atoms with Crippen LogP contribution in [0.5, 0.6) is 11.5 Å². The molecule has 7 heteroatoms. The van der Waals surface area contributed by atoms with Gasteiger partial charge in [0.25, 0.3) is 5.91 Å². The van der Waals surface area contributed by atoms with E-state index < -0.39 is 5.97 Å². The third-order valence-corrected chi connectivity index (χ3v) is 3.02. The zero-order valence-electron chi connectivity index (χ0n) is 13.7. The molecule has 128 valence electrons. The Kier molecular flexibility index (Phi) is 8.52. The first-order valence-corrected chi connectivity index (χ1v) is 7.22. The van der Waals surface area contributed by atoms with Crippen LogP contribution in [0.3, 0.4) is 0 Å². The Morgan fingerprint density at radius 3 is 2.26 bits per heavy atom. The molecular weight excluding hydrogens is 302 g/mol. The minimum absolute atomic E-state index is 0.168. The molecule has 0 fully saturated rings. The third-order valence-electron chi connectivity index (χ3n) is 3.02. The summed E-state index contributed by atoms with van der Waals surface area (Å²) in [4.78, 5) is 23.1. The first-order valence-electron chi connectivity index (χ1n) is 7.22. The van der Waals surface area contributed by atoms with Crippen molar-refractivity contribution in [2.45, 2.75) is 12.8 Å². The van der Waals surface area contributed by atoms with E-state index in [4.69, 9.17) is 18.9 Å². The zero-order valence-corrected chi connectivity index (χ0v) is 13.7. The molecule has 0 aliphatic rings. The van der Waals surface area contributed by atoms with Gasteiger partial charge in [-0.3, -0.25) is 9.59 Å². The van der Waals surface area contributed by atoms with Gasteiger partial charge < -0.3 is 24.3 Å². The van der Waals surface area contributed by atoms with E-state index in [1.54, 1.807) is 27.4 Å². The molecule has 7 nitrogen and oxygen atoms in total. The maximum absolute atomic E-state index is 11.7. The van der Waals surface area contributed by atoms with Gasteiger partial charge >= 0.3 is 5.97 Å². The molecule has 0 radical (unpaired) electrons. The van der Waals surface area contributed by atoms with Crippen molar-refractivity contribution in [3.8, 4) is 11.5 Å². The molecule has 1 aromatic rings. The lowest BCUT2D eigenvalue weighted by molar-refractivity contribution is -0.148. The molecule has 0 saturated heterocycles. The first-order chi connectivity index (χ1) is 11.1. The SMILES string of the molecule is COCCNC(=O)COC(=O)CCc1cc(OC)cc(OC)c1. The number of rotatable bonds is 10. The molecule has 0 saturated carbocycles. The van der Waals surface area contributed by atoms with Crippen LogP contribution in [-0.4, -0.2) is 53.0 Å².